The van der Waals surface area contributed by atoms with Crippen LogP contribution in [0, 0.1) is 0 Å². The summed E-state index contributed by atoms with van der Waals surface area (Å²) in [6.07, 6.45) is 4.12. The average Bonchev–Trinajstić information content (AvgIpc) is 2.49. The molecule has 1 heterocycles. The highest BCUT2D eigenvalue weighted by atomic mass is 35.5. The lowest BCUT2D eigenvalue weighted by molar-refractivity contribution is -0.123. The van der Waals surface area contributed by atoms with Crippen molar-refractivity contribution in [2.75, 3.05) is 20.2 Å². The largest absolute Gasteiger partial charge is 0.497 e. The van der Waals surface area contributed by atoms with Gasteiger partial charge in [0.05, 0.1) is 13.2 Å². The Balaban J connectivity index is 0.00000200. The molecule has 1 amide bonds. The fourth-order valence-corrected chi connectivity index (χ4v) is 2.32. The molecule has 0 saturated carbocycles. The van der Waals surface area contributed by atoms with Crippen LogP contribution in [-0.4, -0.2) is 32.1 Å². The first-order valence-corrected chi connectivity index (χ1v) is 6.93. The smallest absolute Gasteiger partial charge is 0.237 e. The van der Waals surface area contributed by atoms with Gasteiger partial charge < -0.3 is 15.4 Å². The van der Waals surface area contributed by atoms with E-state index in [-0.39, 0.29) is 24.4 Å². The quantitative estimate of drug-likeness (QED) is 0.873. The van der Waals surface area contributed by atoms with Gasteiger partial charge in [-0.2, -0.15) is 0 Å². The Morgan fingerprint density at radius 3 is 2.70 bits per heavy atom. The van der Waals surface area contributed by atoms with E-state index < -0.39 is 0 Å². The Labute approximate surface area is 126 Å². The number of benzene rings is 1. The molecule has 0 radical (unpaired) electrons. The Kier molecular flexibility index (Phi) is 7.41. The number of halogens is 1. The first-order valence-electron chi connectivity index (χ1n) is 6.93. The average molecular weight is 299 g/mol. The van der Waals surface area contributed by atoms with E-state index in [0.717, 1.165) is 31.6 Å². The van der Waals surface area contributed by atoms with Gasteiger partial charge in [0.25, 0.3) is 0 Å². The molecule has 5 heteroatoms. The molecule has 20 heavy (non-hydrogen) atoms. The Morgan fingerprint density at radius 1 is 1.35 bits per heavy atom. The summed E-state index contributed by atoms with van der Waals surface area (Å²) in [6.45, 7) is 1.64. The van der Waals surface area contributed by atoms with Crippen LogP contribution >= 0.6 is 12.4 Å². The molecule has 2 N–H and O–H groups in total. The maximum absolute atomic E-state index is 11.9. The van der Waals surface area contributed by atoms with Gasteiger partial charge in [-0.3, -0.25) is 4.79 Å². The standard InChI is InChI=1S/C15H22N2O2.ClH/c1-19-13-7-5-12(6-8-13)9-11-17-15(18)14-4-2-3-10-16-14;/h5-8,14,16H,2-4,9-11H2,1H3,(H,17,18);1H/t14-;/m0./s1. The molecule has 2 rings (SSSR count). The molecule has 0 aromatic heterocycles. The fourth-order valence-electron chi connectivity index (χ4n) is 2.32. The van der Waals surface area contributed by atoms with E-state index >= 15 is 0 Å². The van der Waals surface area contributed by atoms with Crippen molar-refractivity contribution in [1.82, 2.24) is 10.6 Å². The third-order valence-electron chi connectivity index (χ3n) is 3.50. The zero-order valence-electron chi connectivity index (χ0n) is 11.9. The molecule has 0 unspecified atom stereocenters. The number of carbonyl (C=O) groups is 1. The lowest BCUT2D eigenvalue weighted by Crippen LogP contribution is -2.47. The van der Waals surface area contributed by atoms with E-state index in [4.69, 9.17) is 4.74 Å². The van der Waals surface area contributed by atoms with E-state index in [9.17, 15) is 4.79 Å². The summed E-state index contributed by atoms with van der Waals surface area (Å²) in [7, 11) is 1.66. The van der Waals surface area contributed by atoms with Crippen molar-refractivity contribution < 1.29 is 9.53 Å². The van der Waals surface area contributed by atoms with Crippen LogP contribution in [0.15, 0.2) is 24.3 Å². The lowest BCUT2D eigenvalue weighted by Gasteiger charge is -2.22. The minimum absolute atomic E-state index is 0. The summed E-state index contributed by atoms with van der Waals surface area (Å²) >= 11 is 0. The summed E-state index contributed by atoms with van der Waals surface area (Å²) in [6, 6.07) is 7.96. The van der Waals surface area contributed by atoms with E-state index in [0.29, 0.717) is 6.54 Å². The van der Waals surface area contributed by atoms with Gasteiger partial charge in [-0.1, -0.05) is 18.6 Å². The number of carbonyl (C=O) groups excluding carboxylic acids is 1. The van der Waals surface area contributed by atoms with Crippen LogP contribution < -0.4 is 15.4 Å². The van der Waals surface area contributed by atoms with E-state index in [1.54, 1.807) is 7.11 Å². The van der Waals surface area contributed by atoms with Crippen molar-refractivity contribution in [3.63, 3.8) is 0 Å². The molecule has 1 aliphatic heterocycles. The number of amides is 1. The topological polar surface area (TPSA) is 50.4 Å². The molecule has 1 fully saturated rings. The highest BCUT2D eigenvalue weighted by Gasteiger charge is 2.19. The first kappa shape index (κ1) is 16.8. The van der Waals surface area contributed by atoms with Crippen molar-refractivity contribution >= 4 is 18.3 Å². The summed E-state index contributed by atoms with van der Waals surface area (Å²) in [5, 5.41) is 6.25. The Morgan fingerprint density at radius 2 is 2.10 bits per heavy atom. The monoisotopic (exact) mass is 298 g/mol. The molecule has 0 spiro atoms. The Hall–Kier alpha value is -1.26. The summed E-state index contributed by atoms with van der Waals surface area (Å²) in [5.41, 5.74) is 1.21. The second-order valence-electron chi connectivity index (χ2n) is 4.89. The number of piperidine rings is 1. The maximum Gasteiger partial charge on any atom is 0.237 e. The van der Waals surface area contributed by atoms with Gasteiger partial charge >= 0.3 is 0 Å². The molecule has 0 bridgehead atoms. The molecule has 1 aromatic carbocycles. The SMILES string of the molecule is COc1ccc(CCNC(=O)[C@@H]2CCCCN2)cc1.Cl. The molecule has 112 valence electrons. The van der Waals surface area contributed by atoms with Crippen LogP contribution in [0.5, 0.6) is 5.75 Å². The van der Waals surface area contributed by atoms with Crippen molar-refractivity contribution in [3.05, 3.63) is 29.8 Å². The van der Waals surface area contributed by atoms with Crippen LogP contribution in [0.25, 0.3) is 0 Å². The highest BCUT2D eigenvalue weighted by molar-refractivity contribution is 5.85. The number of hydrogen-bond donors (Lipinski definition) is 2. The lowest BCUT2D eigenvalue weighted by atomic mass is 10.0. The van der Waals surface area contributed by atoms with Gasteiger partial charge in [-0.15, -0.1) is 12.4 Å². The zero-order valence-corrected chi connectivity index (χ0v) is 12.7. The van der Waals surface area contributed by atoms with Gasteiger partial charge in [-0.25, -0.2) is 0 Å². The van der Waals surface area contributed by atoms with Crippen LogP contribution in [0.2, 0.25) is 0 Å². The minimum atomic E-state index is 0. The molecular weight excluding hydrogens is 276 g/mol. The number of hydrogen-bond acceptors (Lipinski definition) is 3. The third kappa shape index (κ3) is 5.02. The van der Waals surface area contributed by atoms with Gasteiger partial charge in [0.2, 0.25) is 5.91 Å². The van der Waals surface area contributed by atoms with Gasteiger partial charge in [0.15, 0.2) is 0 Å². The first-order chi connectivity index (χ1) is 9.29. The van der Waals surface area contributed by atoms with Crippen molar-refractivity contribution in [3.8, 4) is 5.75 Å². The molecule has 4 nitrogen and oxygen atoms in total. The molecule has 1 aliphatic rings. The zero-order chi connectivity index (χ0) is 13.5. The predicted octanol–water partition coefficient (Wildman–Crippen LogP) is 1.92. The summed E-state index contributed by atoms with van der Waals surface area (Å²) in [4.78, 5) is 11.9. The number of rotatable bonds is 5. The van der Waals surface area contributed by atoms with Crippen LogP contribution in [-0.2, 0) is 11.2 Å². The van der Waals surface area contributed by atoms with Crippen LogP contribution in [0.1, 0.15) is 24.8 Å². The van der Waals surface area contributed by atoms with E-state index in [1.165, 1.54) is 12.0 Å². The molecule has 0 aliphatic carbocycles. The van der Waals surface area contributed by atoms with Gasteiger partial charge in [0.1, 0.15) is 5.75 Å². The summed E-state index contributed by atoms with van der Waals surface area (Å²) < 4.78 is 5.11. The second-order valence-corrected chi connectivity index (χ2v) is 4.89. The van der Waals surface area contributed by atoms with E-state index in [1.807, 2.05) is 24.3 Å². The van der Waals surface area contributed by atoms with Gasteiger partial charge in [0, 0.05) is 6.54 Å². The maximum atomic E-state index is 11.9. The molecule has 1 aromatic rings. The van der Waals surface area contributed by atoms with Crippen LogP contribution in [0.4, 0.5) is 0 Å². The normalized spacial score (nSPS) is 17.9. The number of nitrogens with one attached hydrogen (secondary N) is 2. The summed E-state index contributed by atoms with van der Waals surface area (Å²) in [5.74, 6) is 0.993. The predicted molar refractivity (Wildman–Crippen MR) is 82.6 cm³/mol. The van der Waals surface area contributed by atoms with E-state index in [2.05, 4.69) is 10.6 Å². The minimum Gasteiger partial charge on any atom is -0.497 e. The molecule has 1 saturated heterocycles. The second kappa shape index (κ2) is 8.82. The third-order valence-corrected chi connectivity index (χ3v) is 3.50. The molecular formula is C15H23ClN2O2. The number of methoxy groups -OCH3 is 1. The van der Waals surface area contributed by atoms with Crippen LogP contribution in [0.3, 0.4) is 0 Å². The highest BCUT2D eigenvalue weighted by Crippen LogP contribution is 2.11. The number of ether oxygens (including phenoxy) is 1. The van der Waals surface area contributed by atoms with Gasteiger partial charge in [-0.05, 0) is 43.5 Å². The van der Waals surface area contributed by atoms with Crippen molar-refractivity contribution in [2.45, 2.75) is 31.7 Å². The Bertz CT molecular complexity index is 403. The molecule has 1 atom stereocenters. The fraction of sp³-hybridized carbons (Fsp3) is 0.533. The van der Waals surface area contributed by atoms with Crippen molar-refractivity contribution in [1.29, 1.82) is 0 Å². The van der Waals surface area contributed by atoms with Crippen molar-refractivity contribution in [2.24, 2.45) is 0 Å².